The summed E-state index contributed by atoms with van der Waals surface area (Å²) in [7, 11) is 1.73. The fourth-order valence-corrected chi connectivity index (χ4v) is 3.34. The first-order valence-electron chi connectivity index (χ1n) is 8.16. The van der Waals surface area contributed by atoms with E-state index in [0.29, 0.717) is 0 Å². The number of likely N-dealkylation sites (tertiary alicyclic amines) is 1. The minimum absolute atomic E-state index is 0.794. The van der Waals surface area contributed by atoms with E-state index in [9.17, 15) is 0 Å². The predicted molar refractivity (Wildman–Crippen MR) is 87.9 cm³/mol. The van der Waals surface area contributed by atoms with Gasteiger partial charge in [-0.3, -0.25) is 4.90 Å². The Morgan fingerprint density at radius 1 is 1.41 bits per heavy atom. The molecule has 1 fully saturated rings. The fraction of sp³-hybridized carbons (Fsp3) is 0.500. The number of methoxy groups -OCH3 is 1. The third kappa shape index (κ3) is 4.10. The van der Waals surface area contributed by atoms with Crippen molar-refractivity contribution >= 4 is 0 Å². The number of imidazole rings is 1. The summed E-state index contributed by atoms with van der Waals surface area (Å²) in [6, 6.07) is 8.45. The van der Waals surface area contributed by atoms with Crippen LogP contribution in [0.3, 0.4) is 0 Å². The van der Waals surface area contributed by atoms with Gasteiger partial charge >= 0.3 is 0 Å². The van der Waals surface area contributed by atoms with E-state index in [-0.39, 0.29) is 0 Å². The second-order valence-electron chi connectivity index (χ2n) is 6.21. The normalized spacial score (nSPS) is 19.2. The molecule has 0 bridgehead atoms. The van der Waals surface area contributed by atoms with Crippen LogP contribution < -0.4 is 4.74 Å². The Bertz CT molecular complexity index is 567. The maximum atomic E-state index is 5.30. The highest BCUT2D eigenvalue weighted by molar-refractivity contribution is 5.28. The molecule has 1 atom stereocenters. The van der Waals surface area contributed by atoms with Crippen LogP contribution in [0.1, 0.15) is 30.5 Å². The van der Waals surface area contributed by atoms with Crippen molar-refractivity contribution in [3.63, 3.8) is 0 Å². The molecular weight excluding hydrogens is 274 g/mol. The van der Waals surface area contributed by atoms with Crippen molar-refractivity contribution in [3.05, 3.63) is 48.0 Å². The standard InChI is InChI=1S/C18H25N3O/c1-22-18-6-2-4-15(10-18)7-8-16-5-3-9-21(12-16)13-17-11-19-14-20-17/h2,4,6,10-11,14,16H,3,5,7-9,12-13H2,1H3,(H,19,20). The summed E-state index contributed by atoms with van der Waals surface area (Å²) >= 11 is 0. The molecule has 0 saturated carbocycles. The summed E-state index contributed by atoms with van der Waals surface area (Å²) < 4.78 is 5.30. The Morgan fingerprint density at radius 2 is 2.36 bits per heavy atom. The zero-order valence-corrected chi connectivity index (χ0v) is 13.3. The van der Waals surface area contributed by atoms with Crippen molar-refractivity contribution in [2.45, 2.75) is 32.2 Å². The van der Waals surface area contributed by atoms with Crippen LogP contribution in [0.5, 0.6) is 5.75 Å². The first-order chi connectivity index (χ1) is 10.8. The summed E-state index contributed by atoms with van der Waals surface area (Å²) in [5.74, 6) is 1.75. The lowest BCUT2D eigenvalue weighted by molar-refractivity contribution is 0.160. The van der Waals surface area contributed by atoms with E-state index in [0.717, 1.165) is 24.6 Å². The van der Waals surface area contributed by atoms with Gasteiger partial charge in [0.25, 0.3) is 0 Å². The average molecular weight is 299 g/mol. The Labute approximate surface area is 132 Å². The first kappa shape index (κ1) is 15.1. The van der Waals surface area contributed by atoms with E-state index >= 15 is 0 Å². The van der Waals surface area contributed by atoms with Gasteiger partial charge in [-0.15, -0.1) is 0 Å². The number of nitrogens with zero attached hydrogens (tertiary/aromatic N) is 2. The second-order valence-corrected chi connectivity index (χ2v) is 6.21. The number of ether oxygens (including phenoxy) is 1. The lowest BCUT2D eigenvalue weighted by Crippen LogP contribution is -2.35. The van der Waals surface area contributed by atoms with E-state index in [2.05, 4.69) is 33.1 Å². The number of piperidine rings is 1. The van der Waals surface area contributed by atoms with Gasteiger partial charge < -0.3 is 9.72 Å². The van der Waals surface area contributed by atoms with Crippen molar-refractivity contribution in [2.75, 3.05) is 20.2 Å². The molecule has 1 aromatic heterocycles. The van der Waals surface area contributed by atoms with Gasteiger partial charge in [-0.1, -0.05) is 12.1 Å². The van der Waals surface area contributed by atoms with E-state index < -0.39 is 0 Å². The van der Waals surface area contributed by atoms with Gasteiger partial charge in [-0.2, -0.15) is 0 Å². The topological polar surface area (TPSA) is 41.1 Å². The van der Waals surface area contributed by atoms with Gasteiger partial charge in [0.15, 0.2) is 0 Å². The van der Waals surface area contributed by atoms with Crippen LogP contribution in [0.2, 0.25) is 0 Å². The fourth-order valence-electron chi connectivity index (χ4n) is 3.34. The summed E-state index contributed by atoms with van der Waals surface area (Å²) in [5.41, 5.74) is 2.60. The number of hydrogen-bond donors (Lipinski definition) is 1. The number of H-pyrrole nitrogens is 1. The summed E-state index contributed by atoms with van der Waals surface area (Å²) in [4.78, 5) is 9.86. The first-order valence-corrected chi connectivity index (χ1v) is 8.16. The van der Waals surface area contributed by atoms with E-state index in [1.165, 1.54) is 43.6 Å². The van der Waals surface area contributed by atoms with Crippen molar-refractivity contribution in [3.8, 4) is 5.75 Å². The minimum Gasteiger partial charge on any atom is -0.497 e. The number of aromatic nitrogens is 2. The van der Waals surface area contributed by atoms with Gasteiger partial charge in [0, 0.05) is 25.0 Å². The molecule has 0 amide bonds. The molecule has 118 valence electrons. The minimum atomic E-state index is 0.794. The van der Waals surface area contributed by atoms with Crippen LogP contribution in [-0.4, -0.2) is 35.1 Å². The average Bonchev–Trinajstić information content (AvgIpc) is 3.06. The van der Waals surface area contributed by atoms with Gasteiger partial charge in [-0.25, -0.2) is 4.98 Å². The van der Waals surface area contributed by atoms with Gasteiger partial charge in [-0.05, 0) is 55.8 Å². The Kier molecular flexibility index (Phi) is 5.11. The van der Waals surface area contributed by atoms with Gasteiger partial charge in [0.2, 0.25) is 0 Å². The van der Waals surface area contributed by atoms with E-state index in [1.807, 2.05) is 12.3 Å². The molecule has 4 heteroatoms. The van der Waals surface area contributed by atoms with Gasteiger partial charge in [0.05, 0.1) is 13.4 Å². The SMILES string of the molecule is COc1cccc(CCC2CCCN(Cc3cnc[nH]3)C2)c1. The zero-order valence-electron chi connectivity index (χ0n) is 13.3. The summed E-state index contributed by atoms with van der Waals surface area (Å²) in [6.07, 6.45) is 8.74. The maximum Gasteiger partial charge on any atom is 0.119 e. The Balaban J connectivity index is 1.49. The maximum absolute atomic E-state index is 5.30. The molecule has 1 aliphatic heterocycles. The van der Waals surface area contributed by atoms with Crippen LogP contribution in [0.4, 0.5) is 0 Å². The molecule has 0 radical (unpaired) electrons. The highest BCUT2D eigenvalue weighted by Crippen LogP contribution is 2.23. The third-order valence-electron chi connectivity index (χ3n) is 4.53. The molecule has 1 aliphatic rings. The largest absolute Gasteiger partial charge is 0.497 e. The molecule has 22 heavy (non-hydrogen) atoms. The number of hydrogen-bond acceptors (Lipinski definition) is 3. The van der Waals surface area contributed by atoms with Crippen molar-refractivity contribution in [1.82, 2.24) is 14.9 Å². The van der Waals surface area contributed by atoms with Gasteiger partial charge in [0.1, 0.15) is 5.75 Å². The lowest BCUT2D eigenvalue weighted by atomic mass is 9.91. The van der Waals surface area contributed by atoms with Crippen LogP contribution in [-0.2, 0) is 13.0 Å². The molecule has 0 spiro atoms. The van der Waals surface area contributed by atoms with Crippen LogP contribution >= 0.6 is 0 Å². The van der Waals surface area contributed by atoms with Crippen molar-refractivity contribution in [1.29, 1.82) is 0 Å². The quantitative estimate of drug-likeness (QED) is 0.890. The highest BCUT2D eigenvalue weighted by Gasteiger charge is 2.20. The number of nitrogens with one attached hydrogen (secondary N) is 1. The summed E-state index contributed by atoms with van der Waals surface area (Å²) in [6.45, 7) is 3.40. The van der Waals surface area contributed by atoms with E-state index in [1.54, 1.807) is 13.4 Å². The molecular formula is C18H25N3O. The molecule has 0 aliphatic carbocycles. The second kappa shape index (κ2) is 7.45. The predicted octanol–water partition coefficient (Wildman–Crippen LogP) is 3.26. The van der Waals surface area contributed by atoms with Crippen molar-refractivity contribution < 1.29 is 4.74 Å². The molecule has 4 nitrogen and oxygen atoms in total. The van der Waals surface area contributed by atoms with Crippen LogP contribution in [0.25, 0.3) is 0 Å². The Morgan fingerprint density at radius 3 is 3.18 bits per heavy atom. The third-order valence-corrected chi connectivity index (χ3v) is 4.53. The Hall–Kier alpha value is -1.81. The van der Waals surface area contributed by atoms with E-state index in [4.69, 9.17) is 4.74 Å². The molecule has 3 rings (SSSR count). The molecule has 2 aromatic rings. The number of aromatic amines is 1. The van der Waals surface area contributed by atoms with Crippen LogP contribution in [0, 0.1) is 5.92 Å². The molecule has 1 aromatic carbocycles. The molecule has 1 unspecified atom stereocenters. The summed E-state index contributed by atoms with van der Waals surface area (Å²) in [5, 5.41) is 0. The number of aryl methyl sites for hydroxylation is 1. The van der Waals surface area contributed by atoms with Crippen molar-refractivity contribution in [2.24, 2.45) is 5.92 Å². The highest BCUT2D eigenvalue weighted by atomic mass is 16.5. The van der Waals surface area contributed by atoms with Crippen LogP contribution in [0.15, 0.2) is 36.8 Å². The number of benzene rings is 1. The zero-order chi connectivity index (χ0) is 15.2. The molecule has 2 heterocycles. The monoisotopic (exact) mass is 299 g/mol. The lowest BCUT2D eigenvalue weighted by Gasteiger charge is -2.32. The molecule has 1 N–H and O–H groups in total. The molecule has 1 saturated heterocycles. The smallest absolute Gasteiger partial charge is 0.119 e. The number of rotatable bonds is 6.